The van der Waals surface area contributed by atoms with Gasteiger partial charge in [0.1, 0.15) is 16.3 Å². The molecule has 0 N–H and O–H groups in total. The molecule has 12 heavy (non-hydrogen) atoms. The third-order valence-corrected chi connectivity index (χ3v) is 3.87. The molecule has 0 fully saturated rings. The van der Waals surface area contributed by atoms with Gasteiger partial charge < -0.3 is 0 Å². The molecule has 2 nitrogen and oxygen atoms in total. The number of rotatable bonds is 1. The second-order valence-corrected chi connectivity index (χ2v) is 4.65. The number of hydrogen-bond donors (Lipinski definition) is 0. The van der Waals surface area contributed by atoms with Crippen molar-refractivity contribution < 1.29 is 0 Å². The predicted molar refractivity (Wildman–Crippen MR) is 54.2 cm³/mol. The molecule has 2 aromatic rings. The van der Waals surface area contributed by atoms with Crippen LogP contribution in [0.4, 0.5) is 0 Å². The lowest BCUT2D eigenvalue weighted by Crippen LogP contribution is -1.76. The van der Waals surface area contributed by atoms with Crippen LogP contribution in [-0.4, -0.2) is 16.2 Å². The molecule has 0 saturated carbocycles. The van der Waals surface area contributed by atoms with Crippen LogP contribution in [0.25, 0.3) is 10.2 Å². The van der Waals surface area contributed by atoms with Gasteiger partial charge in [0.2, 0.25) is 0 Å². The van der Waals surface area contributed by atoms with Gasteiger partial charge in [0.15, 0.2) is 0 Å². The molecule has 2 heterocycles. The number of fused-ring (bicyclic) bond motifs is 1. The lowest BCUT2D eigenvalue weighted by Gasteiger charge is -1.87. The molecule has 5 heteroatoms. The Labute approximate surface area is 83.0 Å². The highest BCUT2D eigenvalue weighted by atomic mass is 35.5. The smallest absolute Gasteiger partial charge is 0.141 e. The minimum Gasteiger partial charge on any atom is -0.225 e. The molecule has 0 aliphatic rings. The van der Waals surface area contributed by atoms with E-state index in [2.05, 4.69) is 9.97 Å². The van der Waals surface area contributed by atoms with Crippen LogP contribution in [0.15, 0.2) is 16.6 Å². The van der Waals surface area contributed by atoms with Gasteiger partial charge in [-0.1, -0.05) is 11.6 Å². The summed E-state index contributed by atoms with van der Waals surface area (Å²) in [5, 5.41) is 1.49. The lowest BCUT2D eigenvalue weighted by molar-refractivity contribution is 1.23. The summed E-state index contributed by atoms with van der Waals surface area (Å²) in [5.74, 6) is 0. The lowest BCUT2D eigenvalue weighted by atomic mass is 10.4. The maximum absolute atomic E-state index is 5.87. The van der Waals surface area contributed by atoms with Gasteiger partial charge in [-0.3, -0.25) is 0 Å². The second kappa shape index (κ2) is 3.20. The van der Waals surface area contributed by atoms with Gasteiger partial charge in [0.25, 0.3) is 0 Å². The fourth-order valence-electron chi connectivity index (χ4n) is 0.905. The van der Waals surface area contributed by atoms with Crippen LogP contribution < -0.4 is 0 Å². The Morgan fingerprint density at radius 2 is 2.33 bits per heavy atom. The van der Waals surface area contributed by atoms with Crippen LogP contribution in [0.3, 0.4) is 0 Å². The van der Waals surface area contributed by atoms with Gasteiger partial charge in [-0.05, 0) is 12.3 Å². The normalized spacial score (nSPS) is 10.8. The molecular formula is C7H5ClN2S2. The molecule has 0 atom stereocenters. The summed E-state index contributed by atoms with van der Waals surface area (Å²) in [6, 6.07) is 2.02. The van der Waals surface area contributed by atoms with E-state index < -0.39 is 0 Å². The highest BCUT2D eigenvalue weighted by Crippen LogP contribution is 2.32. The SMILES string of the molecule is CSc1cc2c(Cl)ncnc2s1. The minimum absolute atomic E-state index is 0.538. The topological polar surface area (TPSA) is 25.8 Å². The first-order valence-corrected chi connectivity index (χ1v) is 5.67. The fourth-order valence-corrected chi connectivity index (χ4v) is 2.69. The van der Waals surface area contributed by atoms with Crippen molar-refractivity contribution in [3.8, 4) is 0 Å². The van der Waals surface area contributed by atoms with E-state index in [1.807, 2.05) is 12.3 Å². The van der Waals surface area contributed by atoms with Crippen molar-refractivity contribution in [1.82, 2.24) is 9.97 Å². The van der Waals surface area contributed by atoms with E-state index in [9.17, 15) is 0 Å². The molecule has 0 aromatic carbocycles. The second-order valence-electron chi connectivity index (χ2n) is 2.15. The van der Waals surface area contributed by atoms with Gasteiger partial charge in [0.05, 0.1) is 4.21 Å². The minimum atomic E-state index is 0.538. The van der Waals surface area contributed by atoms with Crippen LogP contribution in [-0.2, 0) is 0 Å². The van der Waals surface area contributed by atoms with Crippen LogP contribution in [0.5, 0.6) is 0 Å². The number of nitrogens with zero attached hydrogens (tertiary/aromatic N) is 2. The van der Waals surface area contributed by atoms with E-state index in [1.54, 1.807) is 23.1 Å². The first kappa shape index (κ1) is 8.29. The quantitative estimate of drug-likeness (QED) is 0.541. The summed E-state index contributed by atoms with van der Waals surface area (Å²) >= 11 is 9.21. The summed E-state index contributed by atoms with van der Waals surface area (Å²) < 4.78 is 1.22. The van der Waals surface area contributed by atoms with Crippen LogP contribution in [0.2, 0.25) is 5.15 Å². The molecule has 0 aliphatic heterocycles. The number of thiophene rings is 1. The van der Waals surface area contributed by atoms with E-state index in [1.165, 1.54) is 10.5 Å². The maximum Gasteiger partial charge on any atom is 0.141 e. The van der Waals surface area contributed by atoms with Crippen molar-refractivity contribution in [2.24, 2.45) is 0 Å². The van der Waals surface area contributed by atoms with Gasteiger partial charge in [-0.2, -0.15) is 0 Å². The molecule has 0 amide bonds. The number of halogens is 1. The van der Waals surface area contributed by atoms with Gasteiger partial charge in [0, 0.05) is 5.39 Å². The third-order valence-electron chi connectivity index (χ3n) is 1.46. The van der Waals surface area contributed by atoms with Crippen molar-refractivity contribution >= 4 is 44.9 Å². The average molecular weight is 217 g/mol. The summed E-state index contributed by atoms with van der Waals surface area (Å²) in [5.41, 5.74) is 0. The van der Waals surface area contributed by atoms with E-state index in [-0.39, 0.29) is 0 Å². The van der Waals surface area contributed by atoms with Crippen molar-refractivity contribution in [2.75, 3.05) is 6.26 Å². The summed E-state index contributed by atoms with van der Waals surface area (Å²) in [6.45, 7) is 0. The van der Waals surface area contributed by atoms with Crippen molar-refractivity contribution in [1.29, 1.82) is 0 Å². The molecule has 0 aliphatic carbocycles. The maximum atomic E-state index is 5.87. The molecule has 62 valence electrons. The van der Waals surface area contributed by atoms with Crippen LogP contribution >= 0.6 is 34.7 Å². The molecule has 0 bridgehead atoms. The highest BCUT2D eigenvalue weighted by molar-refractivity contribution is 8.00. The number of hydrogen-bond acceptors (Lipinski definition) is 4. The Hall–Kier alpha value is -0.320. The monoisotopic (exact) mass is 216 g/mol. The predicted octanol–water partition coefficient (Wildman–Crippen LogP) is 3.07. The zero-order valence-electron chi connectivity index (χ0n) is 6.24. The van der Waals surface area contributed by atoms with E-state index in [0.717, 1.165) is 10.2 Å². The summed E-state index contributed by atoms with van der Waals surface area (Å²) in [7, 11) is 0. The molecule has 2 aromatic heterocycles. The van der Waals surface area contributed by atoms with Gasteiger partial charge >= 0.3 is 0 Å². The Bertz CT molecular complexity index is 413. The molecule has 0 spiro atoms. The third kappa shape index (κ3) is 1.30. The van der Waals surface area contributed by atoms with Crippen molar-refractivity contribution in [3.63, 3.8) is 0 Å². The van der Waals surface area contributed by atoms with Crippen LogP contribution in [0, 0.1) is 0 Å². The fraction of sp³-hybridized carbons (Fsp3) is 0.143. The van der Waals surface area contributed by atoms with Crippen molar-refractivity contribution in [2.45, 2.75) is 4.21 Å². The average Bonchev–Trinajstić information content (AvgIpc) is 2.49. The van der Waals surface area contributed by atoms with Crippen LogP contribution in [0.1, 0.15) is 0 Å². The summed E-state index contributed by atoms with van der Waals surface area (Å²) in [6.07, 6.45) is 3.53. The summed E-state index contributed by atoms with van der Waals surface area (Å²) in [4.78, 5) is 8.98. The van der Waals surface area contributed by atoms with E-state index in [0.29, 0.717) is 5.15 Å². The first-order chi connectivity index (χ1) is 5.81. The Morgan fingerprint density at radius 1 is 1.50 bits per heavy atom. The molecule has 0 unspecified atom stereocenters. The molecule has 2 rings (SSSR count). The van der Waals surface area contributed by atoms with E-state index in [4.69, 9.17) is 11.6 Å². The van der Waals surface area contributed by atoms with Gasteiger partial charge in [-0.25, -0.2) is 9.97 Å². The zero-order chi connectivity index (χ0) is 8.55. The highest BCUT2D eigenvalue weighted by Gasteiger charge is 2.05. The standard InChI is InChI=1S/C7H5ClN2S2/c1-11-5-2-4-6(8)9-3-10-7(4)12-5/h2-3H,1H3. The molecule has 0 saturated heterocycles. The number of thioether (sulfide) groups is 1. The Kier molecular flexibility index (Phi) is 2.21. The first-order valence-electron chi connectivity index (χ1n) is 3.25. The van der Waals surface area contributed by atoms with Gasteiger partial charge in [-0.15, -0.1) is 23.1 Å². The zero-order valence-corrected chi connectivity index (χ0v) is 8.63. The van der Waals surface area contributed by atoms with Crippen molar-refractivity contribution in [3.05, 3.63) is 17.5 Å². The molecular weight excluding hydrogens is 212 g/mol. The number of aromatic nitrogens is 2. The Morgan fingerprint density at radius 3 is 3.00 bits per heavy atom. The Balaban J connectivity index is 2.74. The van der Waals surface area contributed by atoms with E-state index >= 15 is 0 Å². The largest absolute Gasteiger partial charge is 0.225 e. The molecule has 0 radical (unpaired) electrons.